The molecule has 10 heteroatoms. The molecule has 0 fully saturated rings. The number of anilines is 1. The van der Waals surface area contributed by atoms with Crippen molar-refractivity contribution in [1.29, 1.82) is 0 Å². The number of hydrogen-bond acceptors (Lipinski definition) is 7. The number of aromatic nitrogens is 4. The average molecular weight is 402 g/mol. The number of imidazole rings is 1. The molecule has 0 aliphatic heterocycles. The molecule has 30 heavy (non-hydrogen) atoms. The third kappa shape index (κ3) is 4.12. The number of carbonyl (C=O) groups excluding carboxylic acids is 1. The maximum Gasteiger partial charge on any atom is 0.282 e. The van der Waals surface area contributed by atoms with Crippen LogP contribution in [0.5, 0.6) is 11.6 Å². The third-order valence-corrected chi connectivity index (χ3v) is 4.07. The highest BCUT2D eigenvalue weighted by Gasteiger charge is 2.19. The summed E-state index contributed by atoms with van der Waals surface area (Å²) in [5.74, 6) is 0.823. The molecule has 0 saturated heterocycles. The molecule has 0 unspecified atom stereocenters. The van der Waals surface area contributed by atoms with Crippen LogP contribution in [-0.4, -0.2) is 30.6 Å². The van der Waals surface area contributed by atoms with Gasteiger partial charge >= 0.3 is 0 Å². The lowest BCUT2D eigenvalue weighted by molar-refractivity contribution is -0.385. The van der Waals surface area contributed by atoms with Gasteiger partial charge in [0.25, 0.3) is 11.6 Å². The minimum absolute atomic E-state index is 0.0175. The van der Waals surface area contributed by atoms with Gasteiger partial charge in [0.05, 0.1) is 4.92 Å². The van der Waals surface area contributed by atoms with Crippen LogP contribution in [0.15, 0.2) is 79.4 Å². The van der Waals surface area contributed by atoms with E-state index in [0.717, 1.165) is 0 Å². The van der Waals surface area contributed by atoms with E-state index in [4.69, 9.17) is 4.74 Å². The van der Waals surface area contributed by atoms with Gasteiger partial charge in [0.15, 0.2) is 5.82 Å². The van der Waals surface area contributed by atoms with E-state index in [0.29, 0.717) is 23.1 Å². The molecule has 2 heterocycles. The molecule has 0 atom stereocenters. The number of ether oxygens (including phenoxy) is 1. The maximum absolute atomic E-state index is 12.4. The molecule has 4 aromatic rings. The number of rotatable bonds is 6. The van der Waals surface area contributed by atoms with Crippen molar-refractivity contribution in [1.82, 2.24) is 19.7 Å². The van der Waals surface area contributed by atoms with Crippen LogP contribution in [0.2, 0.25) is 0 Å². The summed E-state index contributed by atoms with van der Waals surface area (Å²) in [7, 11) is 0. The highest BCUT2D eigenvalue weighted by molar-refractivity contribution is 6.07. The Bertz CT molecular complexity index is 1170. The van der Waals surface area contributed by atoms with Gasteiger partial charge in [-0.25, -0.2) is 4.98 Å². The van der Waals surface area contributed by atoms with Crippen LogP contribution in [0.4, 0.5) is 11.4 Å². The van der Waals surface area contributed by atoms with Crippen molar-refractivity contribution in [3.05, 3.63) is 95.1 Å². The predicted molar refractivity (Wildman–Crippen MR) is 107 cm³/mol. The fourth-order valence-electron chi connectivity index (χ4n) is 2.65. The first kappa shape index (κ1) is 18.7. The molecule has 0 spiro atoms. The van der Waals surface area contributed by atoms with E-state index >= 15 is 0 Å². The Morgan fingerprint density at radius 2 is 1.83 bits per heavy atom. The number of carbonyl (C=O) groups is 1. The summed E-state index contributed by atoms with van der Waals surface area (Å²) in [5, 5.41) is 21.8. The van der Waals surface area contributed by atoms with E-state index in [1.807, 2.05) is 0 Å². The number of hydrogen-bond donors (Lipinski definition) is 1. The fourth-order valence-corrected chi connectivity index (χ4v) is 2.65. The predicted octanol–water partition coefficient (Wildman–Crippen LogP) is 3.62. The Balaban J connectivity index is 1.42. The number of benzene rings is 2. The van der Waals surface area contributed by atoms with E-state index in [2.05, 4.69) is 20.5 Å². The largest absolute Gasteiger partial charge is 0.438 e. The maximum atomic E-state index is 12.4. The summed E-state index contributed by atoms with van der Waals surface area (Å²) in [6.45, 7) is 0. The van der Waals surface area contributed by atoms with Gasteiger partial charge in [-0.15, -0.1) is 10.2 Å². The van der Waals surface area contributed by atoms with Crippen LogP contribution in [-0.2, 0) is 0 Å². The first-order valence-corrected chi connectivity index (χ1v) is 8.75. The van der Waals surface area contributed by atoms with Crippen LogP contribution in [0.25, 0.3) is 5.82 Å². The van der Waals surface area contributed by atoms with E-state index in [1.165, 1.54) is 18.2 Å². The molecule has 2 aromatic heterocycles. The van der Waals surface area contributed by atoms with Crippen molar-refractivity contribution in [3.8, 4) is 17.4 Å². The zero-order valence-corrected chi connectivity index (χ0v) is 15.4. The number of nitro benzene ring substituents is 1. The Morgan fingerprint density at radius 1 is 1.03 bits per heavy atom. The second-order valence-corrected chi connectivity index (χ2v) is 6.05. The molecule has 0 saturated carbocycles. The Morgan fingerprint density at radius 3 is 2.50 bits per heavy atom. The lowest BCUT2D eigenvalue weighted by Gasteiger charge is -2.08. The molecule has 1 amide bonds. The highest BCUT2D eigenvalue weighted by atomic mass is 16.6. The van der Waals surface area contributed by atoms with E-state index in [9.17, 15) is 14.9 Å². The van der Waals surface area contributed by atoms with Crippen LogP contribution in [0.3, 0.4) is 0 Å². The first-order valence-electron chi connectivity index (χ1n) is 8.75. The van der Waals surface area contributed by atoms with Gasteiger partial charge in [-0.05, 0) is 36.4 Å². The standard InChI is InChI=1S/C20H14N6O4/c27-20(16-3-1-2-4-17(16)26(28)29)22-14-5-7-15(8-6-14)30-19-10-9-18(23-24-19)25-12-11-21-13-25/h1-13H,(H,22,27). The van der Waals surface area contributed by atoms with Crippen molar-refractivity contribution >= 4 is 17.3 Å². The summed E-state index contributed by atoms with van der Waals surface area (Å²) in [4.78, 5) is 26.8. The van der Waals surface area contributed by atoms with Gasteiger partial charge in [0, 0.05) is 30.2 Å². The lowest BCUT2D eigenvalue weighted by atomic mass is 10.1. The first-order chi connectivity index (χ1) is 14.6. The Labute approximate surface area is 169 Å². The van der Waals surface area contributed by atoms with Gasteiger partial charge in [-0.3, -0.25) is 19.5 Å². The molecule has 2 aromatic carbocycles. The zero-order chi connectivity index (χ0) is 20.9. The summed E-state index contributed by atoms with van der Waals surface area (Å²) in [6.07, 6.45) is 5.01. The van der Waals surface area contributed by atoms with E-state index in [1.54, 1.807) is 65.8 Å². The number of nitrogens with zero attached hydrogens (tertiary/aromatic N) is 5. The fraction of sp³-hybridized carbons (Fsp3) is 0. The minimum Gasteiger partial charge on any atom is -0.438 e. The molecule has 0 aliphatic rings. The van der Waals surface area contributed by atoms with Crippen LogP contribution >= 0.6 is 0 Å². The molecular formula is C20H14N6O4. The second kappa shape index (κ2) is 8.19. The molecule has 4 rings (SSSR count). The summed E-state index contributed by atoms with van der Waals surface area (Å²) in [5.41, 5.74) is 0.191. The minimum atomic E-state index is -0.592. The van der Waals surface area contributed by atoms with Crippen molar-refractivity contribution < 1.29 is 14.5 Å². The highest BCUT2D eigenvalue weighted by Crippen LogP contribution is 2.23. The number of para-hydroxylation sites is 1. The van der Waals surface area contributed by atoms with E-state index < -0.39 is 10.8 Å². The third-order valence-electron chi connectivity index (χ3n) is 4.07. The monoisotopic (exact) mass is 402 g/mol. The summed E-state index contributed by atoms with van der Waals surface area (Å²) >= 11 is 0. The molecule has 10 nitrogen and oxygen atoms in total. The SMILES string of the molecule is O=C(Nc1ccc(Oc2ccc(-n3ccnc3)nn2)cc1)c1ccccc1[N+](=O)[O-]. The van der Waals surface area contributed by atoms with Crippen LogP contribution < -0.4 is 10.1 Å². The number of nitrogens with one attached hydrogen (secondary N) is 1. The van der Waals surface area contributed by atoms with Crippen molar-refractivity contribution in [2.75, 3.05) is 5.32 Å². The smallest absolute Gasteiger partial charge is 0.282 e. The summed E-state index contributed by atoms with van der Waals surface area (Å²) in [6, 6.07) is 15.7. The lowest BCUT2D eigenvalue weighted by Crippen LogP contribution is -2.13. The molecule has 1 N–H and O–H groups in total. The summed E-state index contributed by atoms with van der Waals surface area (Å²) < 4.78 is 7.36. The van der Waals surface area contributed by atoms with Gasteiger partial charge in [-0.1, -0.05) is 12.1 Å². The molecular weight excluding hydrogens is 388 g/mol. The quantitative estimate of drug-likeness (QED) is 0.386. The van der Waals surface area contributed by atoms with Crippen LogP contribution in [0.1, 0.15) is 10.4 Å². The number of nitro groups is 1. The van der Waals surface area contributed by atoms with Gasteiger partial charge in [-0.2, -0.15) is 0 Å². The topological polar surface area (TPSA) is 125 Å². The van der Waals surface area contributed by atoms with Crippen molar-refractivity contribution in [2.45, 2.75) is 0 Å². The van der Waals surface area contributed by atoms with Crippen molar-refractivity contribution in [2.24, 2.45) is 0 Å². The van der Waals surface area contributed by atoms with Gasteiger partial charge in [0.1, 0.15) is 17.6 Å². The number of amides is 1. The molecule has 0 aliphatic carbocycles. The molecule has 0 radical (unpaired) electrons. The van der Waals surface area contributed by atoms with Gasteiger partial charge in [0.2, 0.25) is 5.88 Å². The Hall–Kier alpha value is -4.60. The van der Waals surface area contributed by atoms with Crippen LogP contribution in [0, 0.1) is 10.1 Å². The van der Waals surface area contributed by atoms with Gasteiger partial charge < -0.3 is 10.1 Å². The normalized spacial score (nSPS) is 10.4. The second-order valence-electron chi connectivity index (χ2n) is 6.05. The molecule has 148 valence electrons. The average Bonchev–Trinajstić information content (AvgIpc) is 3.30. The van der Waals surface area contributed by atoms with E-state index in [-0.39, 0.29) is 11.3 Å². The zero-order valence-electron chi connectivity index (χ0n) is 15.4. The Kier molecular flexibility index (Phi) is 5.12. The van der Waals surface area contributed by atoms with Crippen molar-refractivity contribution in [3.63, 3.8) is 0 Å². The molecule has 0 bridgehead atoms.